The molecule has 0 spiro atoms. The van der Waals surface area contributed by atoms with Crippen molar-refractivity contribution in [3.63, 3.8) is 0 Å². The minimum absolute atomic E-state index is 0.0420. The molecule has 4 nitrogen and oxygen atoms in total. The van der Waals surface area contributed by atoms with Crippen LogP contribution in [0.15, 0.2) is 0 Å². The molecule has 0 rings (SSSR count). The number of amides is 2. The summed E-state index contributed by atoms with van der Waals surface area (Å²) in [5.41, 5.74) is 5.55. The zero-order chi connectivity index (χ0) is 9.56. The Hall–Kier alpha value is -0.770. The topological polar surface area (TPSA) is 58.4 Å². The Kier molecular flexibility index (Phi) is 5.45. The highest BCUT2D eigenvalue weighted by atomic mass is 16.2. The Morgan fingerprint density at radius 1 is 1.58 bits per heavy atom. The highest BCUT2D eigenvalue weighted by Crippen LogP contribution is 1.91. The molecule has 1 unspecified atom stereocenters. The lowest BCUT2D eigenvalue weighted by Gasteiger charge is -2.12. The van der Waals surface area contributed by atoms with Crippen molar-refractivity contribution in [1.29, 1.82) is 0 Å². The SMILES string of the molecule is CC(N)CCCNC(=O)N(C)C. The van der Waals surface area contributed by atoms with Gasteiger partial charge in [-0.3, -0.25) is 0 Å². The fraction of sp³-hybridized carbons (Fsp3) is 0.875. The van der Waals surface area contributed by atoms with E-state index in [1.807, 2.05) is 6.92 Å². The van der Waals surface area contributed by atoms with Crippen LogP contribution in [0.1, 0.15) is 19.8 Å². The van der Waals surface area contributed by atoms with E-state index in [0.29, 0.717) is 6.54 Å². The summed E-state index contributed by atoms with van der Waals surface area (Å²) in [7, 11) is 3.45. The Bertz CT molecular complexity index is 134. The van der Waals surface area contributed by atoms with Gasteiger partial charge in [0.15, 0.2) is 0 Å². The lowest BCUT2D eigenvalue weighted by atomic mass is 10.2. The number of nitrogens with two attached hydrogens (primary N) is 1. The highest BCUT2D eigenvalue weighted by molar-refractivity contribution is 5.73. The highest BCUT2D eigenvalue weighted by Gasteiger charge is 2.01. The van der Waals surface area contributed by atoms with Crippen molar-refractivity contribution in [3.8, 4) is 0 Å². The van der Waals surface area contributed by atoms with Crippen LogP contribution in [0.25, 0.3) is 0 Å². The maximum absolute atomic E-state index is 11.0. The van der Waals surface area contributed by atoms with E-state index >= 15 is 0 Å². The van der Waals surface area contributed by atoms with E-state index in [0.717, 1.165) is 12.8 Å². The standard InChI is InChI=1S/C8H19N3O/c1-7(9)5-4-6-10-8(12)11(2)3/h7H,4-6,9H2,1-3H3,(H,10,12). The molecule has 0 fully saturated rings. The molecule has 0 heterocycles. The first-order valence-corrected chi connectivity index (χ1v) is 4.24. The molecule has 0 aliphatic carbocycles. The molecule has 0 aromatic rings. The van der Waals surface area contributed by atoms with E-state index in [-0.39, 0.29) is 12.1 Å². The summed E-state index contributed by atoms with van der Waals surface area (Å²) >= 11 is 0. The molecule has 0 aliphatic heterocycles. The number of nitrogens with zero attached hydrogens (tertiary/aromatic N) is 1. The predicted molar refractivity (Wildman–Crippen MR) is 50.0 cm³/mol. The molecule has 3 N–H and O–H groups in total. The maximum atomic E-state index is 11.0. The number of hydrogen-bond acceptors (Lipinski definition) is 2. The Balaban J connectivity index is 3.26. The summed E-state index contributed by atoms with van der Waals surface area (Å²) in [5.74, 6) is 0. The number of rotatable bonds is 4. The van der Waals surface area contributed by atoms with Crippen molar-refractivity contribution >= 4 is 6.03 Å². The van der Waals surface area contributed by atoms with Crippen molar-refractivity contribution in [2.24, 2.45) is 5.73 Å². The van der Waals surface area contributed by atoms with Gasteiger partial charge in [-0.1, -0.05) is 0 Å². The number of carbonyl (C=O) groups excluding carboxylic acids is 1. The molecule has 0 aromatic heterocycles. The molecule has 12 heavy (non-hydrogen) atoms. The van der Waals surface area contributed by atoms with Gasteiger partial charge in [-0.05, 0) is 19.8 Å². The van der Waals surface area contributed by atoms with Crippen molar-refractivity contribution < 1.29 is 4.79 Å². The molecule has 2 amide bonds. The van der Waals surface area contributed by atoms with E-state index in [1.165, 1.54) is 4.90 Å². The van der Waals surface area contributed by atoms with Crippen LogP contribution in [0.2, 0.25) is 0 Å². The summed E-state index contributed by atoms with van der Waals surface area (Å²) < 4.78 is 0. The van der Waals surface area contributed by atoms with Crippen LogP contribution in [-0.2, 0) is 0 Å². The number of hydrogen-bond donors (Lipinski definition) is 2. The molecular weight excluding hydrogens is 154 g/mol. The second kappa shape index (κ2) is 5.83. The second-order valence-electron chi connectivity index (χ2n) is 3.25. The Labute approximate surface area is 74.1 Å². The fourth-order valence-electron chi connectivity index (χ4n) is 0.777. The molecule has 0 saturated heterocycles. The fourth-order valence-corrected chi connectivity index (χ4v) is 0.777. The molecule has 0 aromatic carbocycles. The molecule has 0 saturated carbocycles. The minimum Gasteiger partial charge on any atom is -0.338 e. The third-order valence-electron chi connectivity index (χ3n) is 1.52. The number of nitrogens with one attached hydrogen (secondary N) is 1. The predicted octanol–water partition coefficient (Wildman–Crippen LogP) is 0.385. The molecule has 0 radical (unpaired) electrons. The van der Waals surface area contributed by atoms with Gasteiger partial charge < -0.3 is 16.0 Å². The van der Waals surface area contributed by atoms with Gasteiger partial charge in [-0.2, -0.15) is 0 Å². The number of carbonyl (C=O) groups is 1. The van der Waals surface area contributed by atoms with Crippen LogP contribution in [0.3, 0.4) is 0 Å². The summed E-state index contributed by atoms with van der Waals surface area (Å²) in [6.45, 7) is 2.67. The molecule has 72 valence electrons. The van der Waals surface area contributed by atoms with Crippen LogP contribution in [0.4, 0.5) is 4.79 Å². The average Bonchev–Trinajstić information content (AvgIpc) is 1.97. The molecule has 1 atom stereocenters. The zero-order valence-corrected chi connectivity index (χ0v) is 8.13. The van der Waals surface area contributed by atoms with Crippen LogP contribution in [0, 0.1) is 0 Å². The van der Waals surface area contributed by atoms with Gasteiger partial charge in [-0.15, -0.1) is 0 Å². The van der Waals surface area contributed by atoms with Crippen molar-refractivity contribution in [2.75, 3.05) is 20.6 Å². The molecule has 0 aliphatic rings. The van der Waals surface area contributed by atoms with Crippen LogP contribution >= 0.6 is 0 Å². The van der Waals surface area contributed by atoms with E-state index < -0.39 is 0 Å². The zero-order valence-electron chi connectivity index (χ0n) is 8.13. The van der Waals surface area contributed by atoms with E-state index in [1.54, 1.807) is 14.1 Å². The first-order chi connectivity index (χ1) is 5.54. The summed E-state index contributed by atoms with van der Waals surface area (Å²) in [6, 6.07) is 0.181. The number of urea groups is 1. The van der Waals surface area contributed by atoms with Crippen LogP contribution in [0.5, 0.6) is 0 Å². The second-order valence-corrected chi connectivity index (χ2v) is 3.25. The summed E-state index contributed by atoms with van der Waals surface area (Å²) in [4.78, 5) is 12.5. The summed E-state index contributed by atoms with van der Waals surface area (Å²) in [6.07, 6.45) is 1.89. The first kappa shape index (κ1) is 11.2. The van der Waals surface area contributed by atoms with Gasteiger partial charge >= 0.3 is 6.03 Å². The van der Waals surface area contributed by atoms with E-state index in [2.05, 4.69) is 5.32 Å². The van der Waals surface area contributed by atoms with Gasteiger partial charge in [0.25, 0.3) is 0 Å². The van der Waals surface area contributed by atoms with Crippen LogP contribution in [-0.4, -0.2) is 37.6 Å². The normalized spacial score (nSPS) is 12.3. The minimum atomic E-state index is -0.0420. The third kappa shape index (κ3) is 5.97. The van der Waals surface area contributed by atoms with Crippen molar-refractivity contribution in [2.45, 2.75) is 25.8 Å². The van der Waals surface area contributed by atoms with Gasteiger partial charge in [0.05, 0.1) is 0 Å². The third-order valence-corrected chi connectivity index (χ3v) is 1.52. The molecule has 4 heteroatoms. The van der Waals surface area contributed by atoms with Gasteiger partial charge in [-0.25, -0.2) is 4.79 Å². The lowest BCUT2D eigenvalue weighted by Crippen LogP contribution is -2.35. The van der Waals surface area contributed by atoms with E-state index in [9.17, 15) is 4.79 Å². The van der Waals surface area contributed by atoms with Crippen molar-refractivity contribution in [1.82, 2.24) is 10.2 Å². The van der Waals surface area contributed by atoms with Gasteiger partial charge in [0.2, 0.25) is 0 Å². The summed E-state index contributed by atoms with van der Waals surface area (Å²) in [5, 5.41) is 2.77. The Morgan fingerprint density at radius 3 is 2.58 bits per heavy atom. The van der Waals surface area contributed by atoms with E-state index in [4.69, 9.17) is 5.73 Å². The average molecular weight is 173 g/mol. The molecular formula is C8H19N3O. The maximum Gasteiger partial charge on any atom is 0.316 e. The Morgan fingerprint density at radius 2 is 2.17 bits per heavy atom. The van der Waals surface area contributed by atoms with Crippen molar-refractivity contribution in [3.05, 3.63) is 0 Å². The monoisotopic (exact) mass is 173 g/mol. The first-order valence-electron chi connectivity index (χ1n) is 4.24. The quantitative estimate of drug-likeness (QED) is 0.604. The van der Waals surface area contributed by atoms with Gasteiger partial charge in [0, 0.05) is 26.7 Å². The lowest BCUT2D eigenvalue weighted by molar-refractivity contribution is 0.217. The van der Waals surface area contributed by atoms with Gasteiger partial charge in [0.1, 0.15) is 0 Å². The smallest absolute Gasteiger partial charge is 0.316 e. The molecule has 0 bridgehead atoms. The van der Waals surface area contributed by atoms with Crippen LogP contribution < -0.4 is 11.1 Å². The largest absolute Gasteiger partial charge is 0.338 e.